The van der Waals surface area contributed by atoms with Crippen molar-refractivity contribution in [1.82, 2.24) is 0 Å². The van der Waals surface area contributed by atoms with E-state index in [4.69, 9.17) is 10.5 Å². The fourth-order valence-corrected chi connectivity index (χ4v) is 3.25. The van der Waals surface area contributed by atoms with Crippen LogP contribution in [-0.2, 0) is 14.6 Å². The lowest BCUT2D eigenvalue weighted by molar-refractivity contribution is -0.0817. The molecule has 1 fully saturated rings. The number of sulfone groups is 1. The van der Waals surface area contributed by atoms with Crippen LogP contribution in [0.25, 0.3) is 0 Å². The summed E-state index contributed by atoms with van der Waals surface area (Å²) >= 11 is 0. The molecule has 1 aliphatic carbocycles. The number of nitrogens with two attached hydrogens (primary N) is 1. The van der Waals surface area contributed by atoms with E-state index in [1.165, 1.54) is 6.42 Å². The predicted octanol–water partition coefficient (Wildman–Crippen LogP) is 1.49. The van der Waals surface area contributed by atoms with E-state index in [-0.39, 0.29) is 23.1 Å². The van der Waals surface area contributed by atoms with E-state index in [0.29, 0.717) is 6.42 Å². The van der Waals surface area contributed by atoms with E-state index in [9.17, 15) is 8.42 Å². The zero-order chi connectivity index (χ0) is 12.9. The molecule has 0 heterocycles. The molecule has 1 atom stereocenters. The second-order valence-electron chi connectivity index (χ2n) is 5.08. The van der Waals surface area contributed by atoms with Crippen LogP contribution in [-0.4, -0.2) is 38.7 Å². The lowest BCUT2D eigenvalue weighted by Gasteiger charge is -2.42. The zero-order valence-electron chi connectivity index (χ0n) is 10.9. The molecule has 0 saturated heterocycles. The van der Waals surface area contributed by atoms with E-state index in [1.807, 2.05) is 0 Å². The second-order valence-corrected chi connectivity index (χ2v) is 7.56. The number of hydrogen-bond acceptors (Lipinski definition) is 4. The maximum absolute atomic E-state index is 11.3. The summed E-state index contributed by atoms with van der Waals surface area (Å²) in [6.07, 6.45) is 5.68. The highest BCUT2D eigenvalue weighted by atomic mass is 32.2. The first-order valence-corrected chi connectivity index (χ1v) is 8.26. The molecule has 0 amide bonds. The van der Waals surface area contributed by atoms with Gasteiger partial charge in [0.1, 0.15) is 9.84 Å². The molecule has 0 spiro atoms. The molecule has 0 aromatic carbocycles. The first-order valence-electron chi connectivity index (χ1n) is 6.44. The molecule has 0 bridgehead atoms. The Balaban J connectivity index is 2.24. The van der Waals surface area contributed by atoms with Gasteiger partial charge in [-0.15, -0.1) is 0 Å². The van der Waals surface area contributed by atoms with Gasteiger partial charge in [-0.05, 0) is 38.5 Å². The maximum atomic E-state index is 11.3. The van der Waals surface area contributed by atoms with Gasteiger partial charge in [-0.2, -0.15) is 0 Å². The molecule has 102 valence electrons. The molecule has 17 heavy (non-hydrogen) atoms. The topological polar surface area (TPSA) is 69.4 Å². The molecule has 2 N–H and O–H groups in total. The second kappa shape index (κ2) is 6.16. The summed E-state index contributed by atoms with van der Waals surface area (Å²) in [5.41, 5.74) is 6.03. The third-order valence-electron chi connectivity index (χ3n) is 3.80. The summed E-state index contributed by atoms with van der Waals surface area (Å²) in [4.78, 5) is 0. The molecule has 5 heteroatoms. The monoisotopic (exact) mass is 263 g/mol. The zero-order valence-corrected chi connectivity index (χ0v) is 11.8. The summed E-state index contributed by atoms with van der Waals surface area (Å²) in [7, 11) is -1.10. The lowest BCUT2D eigenvalue weighted by Crippen LogP contribution is -2.44. The van der Waals surface area contributed by atoms with Gasteiger partial charge in [-0.3, -0.25) is 0 Å². The van der Waals surface area contributed by atoms with Gasteiger partial charge in [0.05, 0.1) is 11.4 Å². The summed E-state index contributed by atoms with van der Waals surface area (Å²) in [6.45, 7) is 1.68. The molecule has 1 saturated carbocycles. The van der Waals surface area contributed by atoms with Crippen molar-refractivity contribution in [3.05, 3.63) is 0 Å². The molecule has 1 aliphatic rings. The average molecular weight is 263 g/mol. The van der Waals surface area contributed by atoms with Crippen LogP contribution in [0.4, 0.5) is 0 Å². The van der Waals surface area contributed by atoms with Crippen molar-refractivity contribution in [3.8, 4) is 0 Å². The van der Waals surface area contributed by atoms with E-state index in [0.717, 1.165) is 25.7 Å². The fourth-order valence-electron chi connectivity index (χ4n) is 2.35. The molecule has 0 aromatic rings. The van der Waals surface area contributed by atoms with Crippen molar-refractivity contribution in [2.75, 3.05) is 18.6 Å². The normalized spacial score (nSPS) is 20.9. The van der Waals surface area contributed by atoms with Crippen LogP contribution in [0.5, 0.6) is 0 Å². The summed E-state index contributed by atoms with van der Waals surface area (Å²) in [6, 6.07) is 0.0577. The quantitative estimate of drug-likeness (QED) is 0.720. The molecule has 4 nitrogen and oxygen atoms in total. The third kappa shape index (κ3) is 4.56. The van der Waals surface area contributed by atoms with Gasteiger partial charge >= 0.3 is 0 Å². The Morgan fingerprint density at radius 1 is 1.41 bits per heavy atom. The van der Waals surface area contributed by atoms with Crippen LogP contribution in [0.2, 0.25) is 0 Å². The van der Waals surface area contributed by atoms with Crippen molar-refractivity contribution >= 4 is 9.84 Å². The minimum atomic E-state index is -2.84. The lowest BCUT2D eigenvalue weighted by atomic mass is 9.75. The van der Waals surface area contributed by atoms with Gasteiger partial charge in [0, 0.05) is 18.9 Å². The largest absolute Gasteiger partial charge is 0.378 e. The predicted molar refractivity (Wildman–Crippen MR) is 69.7 cm³/mol. The molecule has 0 radical (unpaired) electrons. The van der Waals surface area contributed by atoms with Gasteiger partial charge in [0.15, 0.2) is 0 Å². The highest BCUT2D eigenvalue weighted by Crippen LogP contribution is 2.39. The van der Waals surface area contributed by atoms with Crippen LogP contribution < -0.4 is 5.73 Å². The standard InChI is InChI=1S/C12H25NO3S/c1-3-17(14,15)9-4-6-11(13)10-12(16-2)7-5-8-12/h11H,3-10,13H2,1-2H3. The van der Waals surface area contributed by atoms with Crippen molar-refractivity contribution < 1.29 is 13.2 Å². The fraction of sp³-hybridized carbons (Fsp3) is 1.00. The van der Waals surface area contributed by atoms with Crippen LogP contribution in [0, 0.1) is 0 Å². The van der Waals surface area contributed by atoms with Gasteiger partial charge in [0.2, 0.25) is 0 Å². The third-order valence-corrected chi connectivity index (χ3v) is 5.59. The molecule has 1 unspecified atom stereocenters. The molecule has 0 aliphatic heterocycles. The minimum absolute atomic E-state index is 0.0109. The van der Waals surface area contributed by atoms with Crippen LogP contribution in [0.15, 0.2) is 0 Å². The van der Waals surface area contributed by atoms with Gasteiger partial charge < -0.3 is 10.5 Å². The van der Waals surface area contributed by atoms with Crippen molar-refractivity contribution in [1.29, 1.82) is 0 Å². The van der Waals surface area contributed by atoms with Crippen molar-refractivity contribution in [3.63, 3.8) is 0 Å². The minimum Gasteiger partial charge on any atom is -0.378 e. The van der Waals surface area contributed by atoms with Crippen LogP contribution in [0.1, 0.15) is 45.4 Å². The summed E-state index contributed by atoms with van der Waals surface area (Å²) in [5.74, 6) is 0.488. The van der Waals surface area contributed by atoms with Crippen molar-refractivity contribution in [2.45, 2.75) is 57.1 Å². The summed E-state index contributed by atoms with van der Waals surface area (Å²) < 4.78 is 28.2. The van der Waals surface area contributed by atoms with E-state index >= 15 is 0 Å². The highest BCUT2D eigenvalue weighted by molar-refractivity contribution is 7.91. The number of rotatable bonds is 8. The van der Waals surface area contributed by atoms with Gasteiger partial charge in [0.25, 0.3) is 0 Å². The van der Waals surface area contributed by atoms with Crippen LogP contribution in [0.3, 0.4) is 0 Å². The smallest absolute Gasteiger partial charge is 0.150 e. The van der Waals surface area contributed by atoms with Crippen LogP contribution >= 0.6 is 0 Å². The van der Waals surface area contributed by atoms with E-state index in [2.05, 4.69) is 0 Å². The Hall–Kier alpha value is -0.130. The average Bonchev–Trinajstić information content (AvgIpc) is 2.23. The van der Waals surface area contributed by atoms with Crippen molar-refractivity contribution in [2.24, 2.45) is 5.73 Å². The number of methoxy groups -OCH3 is 1. The Kier molecular flexibility index (Phi) is 5.41. The molecule has 0 aromatic heterocycles. The van der Waals surface area contributed by atoms with E-state index in [1.54, 1.807) is 14.0 Å². The van der Waals surface area contributed by atoms with E-state index < -0.39 is 9.84 Å². The summed E-state index contributed by atoms with van der Waals surface area (Å²) in [5, 5.41) is 0. The maximum Gasteiger partial charge on any atom is 0.150 e. The Labute approximate surface area is 105 Å². The molecular formula is C12H25NO3S. The van der Waals surface area contributed by atoms with Gasteiger partial charge in [-0.1, -0.05) is 6.92 Å². The number of hydrogen-bond donors (Lipinski definition) is 1. The highest BCUT2D eigenvalue weighted by Gasteiger charge is 2.38. The first-order chi connectivity index (χ1) is 7.93. The van der Waals surface area contributed by atoms with Gasteiger partial charge in [-0.25, -0.2) is 8.42 Å². The number of ether oxygens (including phenoxy) is 1. The SMILES string of the molecule is CCS(=O)(=O)CCCC(N)CC1(OC)CCC1. The Bertz CT molecular complexity index is 317. The first kappa shape index (κ1) is 14.9. The Morgan fingerprint density at radius 3 is 2.47 bits per heavy atom. The molecule has 1 rings (SSSR count). The Morgan fingerprint density at radius 2 is 2.06 bits per heavy atom. The molecular weight excluding hydrogens is 238 g/mol.